The minimum absolute atomic E-state index is 0.175. The quantitative estimate of drug-likeness (QED) is 0.610. The largest absolute Gasteiger partial charge is 0.369 e. The monoisotopic (exact) mass is 184 g/mol. The van der Waals surface area contributed by atoms with Gasteiger partial charge in [-0.3, -0.25) is 4.79 Å². The molecule has 1 heterocycles. The molecule has 0 aliphatic carbocycles. The van der Waals surface area contributed by atoms with Gasteiger partial charge in [-0.05, 0) is 24.3 Å². The molecule has 1 aromatic rings. The Kier molecular flexibility index (Phi) is 2.18. The smallest absolute Gasteiger partial charge is 0.240 e. The maximum absolute atomic E-state index is 11.0. The first-order chi connectivity index (χ1) is 5.93. The van der Waals surface area contributed by atoms with Crippen LogP contribution in [-0.4, -0.2) is 26.1 Å². The van der Waals surface area contributed by atoms with Gasteiger partial charge in [0, 0.05) is 0 Å². The summed E-state index contributed by atoms with van der Waals surface area (Å²) in [7, 11) is 0. The third-order valence-corrected chi connectivity index (χ3v) is 1.77. The lowest BCUT2D eigenvalue weighted by Crippen LogP contribution is -2.36. The number of hydrogen-bond acceptors (Lipinski definition) is 5. The van der Waals surface area contributed by atoms with Crippen LogP contribution in [0.15, 0.2) is 0 Å². The molecule has 0 saturated heterocycles. The van der Waals surface area contributed by atoms with Crippen LogP contribution in [0.25, 0.3) is 0 Å². The number of carbonyl (C=O) groups is 1. The Hall–Kier alpha value is -1.66. The van der Waals surface area contributed by atoms with E-state index in [2.05, 4.69) is 15.5 Å². The number of nitrogens with zero attached hydrogens (tertiary/aromatic N) is 4. The summed E-state index contributed by atoms with van der Waals surface area (Å²) >= 11 is 0. The summed E-state index contributed by atoms with van der Waals surface area (Å²) in [6, 6.07) is 0. The fourth-order valence-corrected chi connectivity index (χ4v) is 0.777. The highest BCUT2D eigenvalue weighted by atomic mass is 16.1. The van der Waals surface area contributed by atoms with E-state index in [-0.39, 0.29) is 12.5 Å². The van der Waals surface area contributed by atoms with E-state index in [1.54, 1.807) is 13.8 Å². The number of aromatic nitrogens is 4. The maximum Gasteiger partial charge on any atom is 0.240 e. The molecule has 7 nitrogen and oxygen atoms in total. The number of tetrazole rings is 1. The first kappa shape index (κ1) is 9.43. The molecule has 13 heavy (non-hydrogen) atoms. The Labute approximate surface area is 75.1 Å². The average Bonchev–Trinajstić information content (AvgIpc) is 2.35. The topological polar surface area (TPSA) is 113 Å². The number of nitrogen functional groups attached to an aromatic ring is 1. The highest BCUT2D eigenvalue weighted by Crippen LogP contribution is 2.17. The predicted octanol–water partition coefficient (Wildman–Crippen LogP) is -1.23. The number of amides is 1. The Morgan fingerprint density at radius 3 is 2.62 bits per heavy atom. The minimum Gasteiger partial charge on any atom is -0.369 e. The zero-order valence-electron chi connectivity index (χ0n) is 7.56. The number of nitrogens with two attached hydrogens (primary N) is 2. The summed E-state index contributed by atoms with van der Waals surface area (Å²) in [4.78, 5) is 11.0. The molecule has 0 saturated carbocycles. The van der Waals surface area contributed by atoms with Crippen LogP contribution in [0.1, 0.15) is 13.8 Å². The van der Waals surface area contributed by atoms with Crippen LogP contribution in [0, 0.1) is 5.41 Å². The summed E-state index contributed by atoms with van der Waals surface area (Å²) < 4.78 is 1.34. The van der Waals surface area contributed by atoms with Crippen molar-refractivity contribution in [2.45, 2.75) is 20.4 Å². The minimum atomic E-state index is -0.705. The lowest BCUT2D eigenvalue weighted by molar-refractivity contribution is -0.126. The van der Waals surface area contributed by atoms with Gasteiger partial charge in [-0.1, -0.05) is 5.10 Å². The first-order valence-electron chi connectivity index (χ1n) is 3.75. The zero-order valence-corrected chi connectivity index (χ0v) is 7.56. The van der Waals surface area contributed by atoms with Gasteiger partial charge in [0.1, 0.15) is 0 Å². The Morgan fingerprint density at radius 1 is 1.62 bits per heavy atom. The van der Waals surface area contributed by atoms with Gasteiger partial charge in [-0.15, -0.1) is 0 Å². The molecular formula is C6H12N6O. The van der Waals surface area contributed by atoms with Gasteiger partial charge in [0.2, 0.25) is 11.9 Å². The molecule has 0 unspecified atom stereocenters. The van der Waals surface area contributed by atoms with E-state index < -0.39 is 11.3 Å². The van der Waals surface area contributed by atoms with Crippen LogP contribution in [0.2, 0.25) is 0 Å². The second-order valence-electron chi connectivity index (χ2n) is 3.44. The van der Waals surface area contributed by atoms with E-state index in [0.717, 1.165) is 0 Å². The molecule has 7 heteroatoms. The van der Waals surface area contributed by atoms with Crippen molar-refractivity contribution in [3.05, 3.63) is 0 Å². The molecule has 0 aliphatic rings. The van der Waals surface area contributed by atoms with Gasteiger partial charge >= 0.3 is 0 Å². The molecule has 0 spiro atoms. The zero-order chi connectivity index (χ0) is 10.1. The third kappa shape index (κ3) is 1.92. The van der Waals surface area contributed by atoms with Gasteiger partial charge in [0.05, 0.1) is 12.0 Å². The van der Waals surface area contributed by atoms with Crippen LogP contribution in [-0.2, 0) is 11.3 Å². The van der Waals surface area contributed by atoms with E-state index in [9.17, 15) is 4.79 Å². The van der Waals surface area contributed by atoms with Crippen LogP contribution in [0.4, 0.5) is 5.95 Å². The lowest BCUT2D eigenvalue weighted by atomic mass is 9.93. The van der Waals surface area contributed by atoms with Gasteiger partial charge in [0.15, 0.2) is 0 Å². The van der Waals surface area contributed by atoms with Gasteiger partial charge < -0.3 is 11.5 Å². The number of rotatable bonds is 3. The van der Waals surface area contributed by atoms with Crippen LogP contribution in [0.5, 0.6) is 0 Å². The third-order valence-electron chi connectivity index (χ3n) is 1.77. The summed E-state index contributed by atoms with van der Waals surface area (Å²) in [5.41, 5.74) is 9.89. The van der Waals surface area contributed by atoms with E-state index in [0.29, 0.717) is 0 Å². The van der Waals surface area contributed by atoms with Crippen molar-refractivity contribution < 1.29 is 4.79 Å². The van der Waals surface area contributed by atoms with Crippen molar-refractivity contribution in [1.29, 1.82) is 0 Å². The Morgan fingerprint density at radius 2 is 2.23 bits per heavy atom. The van der Waals surface area contributed by atoms with E-state index in [4.69, 9.17) is 11.5 Å². The fourth-order valence-electron chi connectivity index (χ4n) is 0.777. The molecule has 4 N–H and O–H groups in total. The van der Waals surface area contributed by atoms with E-state index >= 15 is 0 Å². The van der Waals surface area contributed by atoms with Crippen molar-refractivity contribution in [1.82, 2.24) is 20.2 Å². The van der Waals surface area contributed by atoms with E-state index in [1.165, 1.54) is 4.68 Å². The molecule has 1 rings (SSSR count). The van der Waals surface area contributed by atoms with Crippen LogP contribution >= 0.6 is 0 Å². The molecular weight excluding hydrogens is 172 g/mol. The molecule has 0 fully saturated rings. The first-order valence-corrected chi connectivity index (χ1v) is 3.75. The van der Waals surface area contributed by atoms with Crippen LogP contribution < -0.4 is 11.5 Å². The molecule has 0 atom stereocenters. The second kappa shape index (κ2) is 3.00. The van der Waals surface area contributed by atoms with Gasteiger partial charge in [-0.2, -0.15) is 0 Å². The van der Waals surface area contributed by atoms with Gasteiger partial charge in [-0.25, -0.2) is 4.68 Å². The summed E-state index contributed by atoms with van der Waals surface area (Å²) in [5.74, 6) is -0.239. The fraction of sp³-hybridized carbons (Fsp3) is 0.667. The summed E-state index contributed by atoms with van der Waals surface area (Å²) in [5, 5.41) is 10.4. The molecule has 0 radical (unpaired) electrons. The number of primary amides is 1. The summed E-state index contributed by atoms with van der Waals surface area (Å²) in [6.07, 6.45) is 0. The van der Waals surface area contributed by atoms with Crippen molar-refractivity contribution in [2.24, 2.45) is 11.1 Å². The molecule has 0 bridgehead atoms. The molecule has 1 amide bonds. The van der Waals surface area contributed by atoms with Crippen molar-refractivity contribution in [3.8, 4) is 0 Å². The standard InChI is InChI=1S/C6H12N6O/c1-6(2,4(7)13)3-12-5(8)9-10-11-12/h3H2,1-2H3,(H2,7,13)(H2,8,9,11). The normalized spacial score (nSPS) is 11.5. The highest BCUT2D eigenvalue weighted by Gasteiger charge is 2.26. The Bertz CT molecular complexity index is 317. The van der Waals surface area contributed by atoms with Gasteiger partial charge in [0.25, 0.3) is 0 Å². The molecule has 72 valence electrons. The van der Waals surface area contributed by atoms with Crippen molar-refractivity contribution in [2.75, 3.05) is 5.73 Å². The number of hydrogen-bond donors (Lipinski definition) is 2. The summed E-state index contributed by atoms with van der Waals surface area (Å²) in [6.45, 7) is 3.69. The number of carbonyl (C=O) groups excluding carboxylic acids is 1. The predicted molar refractivity (Wildman–Crippen MR) is 45.2 cm³/mol. The lowest BCUT2D eigenvalue weighted by Gasteiger charge is -2.19. The number of anilines is 1. The Balaban J connectivity index is 2.80. The average molecular weight is 184 g/mol. The van der Waals surface area contributed by atoms with Crippen LogP contribution in [0.3, 0.4) is 0 Å². The molecule has 1 aromatic heterocycles. The van der Waals surface area contributed by atoms with E-state index in [1.807, 2.05) is 0 Å². The molecule has 0 aromatic carbocycles. The van der Waals surface area contributed by atoms with Crippen molar-refractivity contribution >= 4 is 11.9 Å². The highest BCUT2D eigenvalue weighted by molar-refractivity contribution is 5.79. The molecule has 0 aliphatic heterocycles. The SMILES string of the molecule is CC(C)(Cn1nnnc1N)C(N)=O. The van der Waals surface area contributed by atoms with Crippen molar-refractivity contribution in [3.63, 3.8) is 0 Å². The second-order valence-corrected chi connectivity index (χ2v) is 3.44. The maximum atomic E-state index is 11.0.